The zero-order valence-electron chi connectivity index (χ0n) is 10.9. The second kappa shape index (κ2) is 7.84. The molecule has 0 aliphatic heterocycles. The highest BCUT2D eigenvalue weighted by molar-refractivity contribution is 5.30. The first-order valence-electron chi connectivity index (χ1n) is 6.66. The van der Waals surface area contributed by atoms with Crippen LogP contribution in [0, 0.1) is 11.3 Å². The lowest BCUT2D eigenvalue weighted by atomic mass is 9.90. The largest absolute Gasteiger partial charge is 0.263 e. The molecule has 1 aromatic heterocycles. The Hall–Kier alpha value is -1.36. The predicted molar refractivity (Wildman–Crippen MR) is 70.7 cm³/mol. The van der Waals surface area contributed by atoms with E-state index in [1.54, 1.807) is 6.20 Å². The maximum absolute atomic E-state index is 8.90. The third-order valence-corrected chi connectivity index (χ3v) is 3.15. The number of hydrogen-bond acceptors (Lipinski definition) is 2. The van der Waals surface area contributed by atoms with Crippen molar-refractivity contribution in [1.29, 1.82) is 5.26 Å². The first-order valence-corrected chi connectivity index (χ1v) is 6.66. The minimum Gasteiger partial charge on any atom is -0.263 e. The van der Waals surface area contributed by atoms with Crippen LogP contribution in [0.25, 0.3) is 0 Å². The van der Waals surface area contributed by atoms with Crippen LogP contribution in [0.4, 0.5) is 0 Å². The first kappa shape index (κ1) is 13.7. The minimum atomic E-state index is 0.576. The Labute approximate surface area is 105 Å². The highest BCUT2D eigenvalue weighted by Gasteiger charge is 2.11. The monoisotopic (exact) mass is 230 g/mol. The van der Waals surface area contributed by atoms with Crippen molar-refractivity contribution in [3.63, 3.8) is 0 Å². The van der Waals surface area contributed by atoms with Crippen LogP contribution in [0.5, 0.6) is 0 Å². The van der Waals surface area contributed by atoms with Crippen molar-refractivity contribution in [1.82, 2.24) is 4.98 Å². The van der Waals surface area contributed by atoms with E-state index < -0.39 is 0 Å². The van der Waals surface area contributed by atoms with Crippen LogP contribution in [0.2, 0.25) is 0 Å². The summed E-state index contributed by atoms with van der Waals surface area (Å²) in [6, 6.07) is 4.17. The third kappa shape index (κ3) is 4.56. The Morgan fingerprint density at radius 2 is 2.00 bits per heavy atom. The van der Waals surface area contributed by atoms with E-state index in [9.17, 15) is 0 Å². The molecule has 1 rings (SSSR count). The van der Waals surface area contributed by atoms with E-state index in [1.807, 2.05) is 12.3 Å². The normalized spacial score (nSPS) is 12.1. The van der Waals surface area contributed by atoms with Gasteiger partial charge in [-0.05, 0) is 30.4 Å². The lowest BCUT2D eigenvalue weighted by molar-refractivity contribution is 0.528. The molecule has 2 heteroatoms. The average Bonchev–Trinajstić information content (AvgIpc) is 2.38. The van der Waals surface area contributed by atoms with E-state index in [2.05, 4.69) is 24.9 Å². The van der Waals surface area contributed by atoms with Gasteiger partial charge in [-0.1, -0.05) is 39.5 Å². The number of unbranched alkanes of at least 4 members (excludes halogenated alkanes) is 2. The Morgan fingerprint density at radius 3 is 2.65 bits per heavy atom. The van der Waals surface area contributed by atoms with Crippen molar-refractivity contribution in [3.05, 3.63) is 29.6 Å². The average molecular weight is 230 g/mol. The van der Waals surface area contributed by atoms with Gasteiger partial charge in [-0.2, -0.15) is 5.26 Å². The molecule has 0 saturated carbocycles. The van der Waals surface area contributed by atoms with Crippen molar-refractivity contribution < 1.29 is 0 Å². The lowest BCUT2D eigenvalue weighted by Crippen LogP contribution is -2.00. The fourth-order valence-corrected chi connectivity index (χ4v) is 2.21. The molecule has 1 atom stereocenters. The summed E-state index contributed by atoms with van der Waals surface area (Å²) in [6.45, 7) is 4.45. The molecule has 0 N–H and O–H groups in total. The number of rotatable bonds is 7. The summed E-state index contributed by atoms with van der Waals surface area (Å²) in [6.07, 6.45) is 11.0. The Morgan fingerprint density at radius 1 is 1.18 bits per heavy atom. The summed E-state index contributed by atoms with van der Waals surface area (Å²) < 4.78 is 0. The van der Waals surface area contributed by atoms with Gasteiger partial charge in [-0.15, -0.1) is 0 Å². The Bertz CT molecular complexity index is 365. The van der Waals surface area contributed by atoms with Crippen molar-refractivity contribution in [3.8, 4) is 6.07 Å². The zero-order chi connectivity index (χ0) is 12.5. The van der Waals surface area contributed by atoms with Crippen LogP contribution in [-0.2, 0) is 0 Å². The molecule has 0 saturated heterocycles. The molecular weight excluding hydrogens is 208 g/mol. The predicted octanol–water partition coefficient (Wildman–Crippen LogP) is 4.42. The van der Waals surface area contributed by atoms with Gasteiger partial charge >= 0.3 is 0 Å². The molecule has 0 bridgehead atoms. The summed E-state index contributed by atoms with van der Waals surface area (Å²) in [5.74, 6) is 0.576. The summed E-state index contributed by atoms with van der Waals surface area (Å²) in [5, 5.41) is 8.90. The standard InChI is InChI=1S/C15H22N2/c1-3-5-6-8-14(7-4-2)15-9-13(10-16)11-17-12-15/h9,11-12,14H,3-8H2,1-2H3. The van der Waals surface area contributed by atoms with Crippen molar-refractivity contribution in [2.24, 2.45) is 0 Å². The number of nitrogens with zero attached hydrogens (tertiary/aromatic N) is 2. The summed E-state index contributed by atoms with van der Waals surface area (Å²) in [5.41, 5.74) is 1.92. The fraction of sp³-hybridized carbons (Fsp3) is 0.600. The van der Waals surface area contributed by atoms with E-state index in [0.29, 0.717) is 11.5 Å². The van der Waals surface area contributed by atoms with Gasteiger partial charge < -0.3 is 0 Å². The number of pyridine rings is 1. The number of aromatic nitrogens is 1. The Balaban J connectivity index is 2.70. The first-order chi connectivity index (χ1) is 8.31. The van der Waals surface area contributed by atoms with Gasteiger partial charge in [-0.25, -0.2) is 0 Å². The molecule has 0 amide bonds. The molecule has 0 aromatic carbocycles. The molecule has 0 aliphatic carbocycles. The molecule has 92 valence electrons. The molecule has 0 fully saturated rings. The summed E-state index contributed by atoms with van der Waals surface area (Å²) in [7, 11) is 0. The van der Waals surface area contributed by atoms with Gasteiger partial charge in [-0.3, -0.25) is 4.98 Å². The molecule has 1 aromatic rings. The lowest BCUT2D eigenvalue weighted by Gasteiger charge is -2.16. The van der Waals surface area contributed by atoms with Crippen molar-refractivity contribution >= 4 is 0 Å². The van der Waals surface area contributed by atoms with Crippen LogP contribution < -0.4 is 0 Å². The van der Waals surface area contributed by atoms with Crippen molar-refractivity contribution in [2.75, 3.05) is 0 Å². The van der Waals surface area contributed by atoms with Gasteiger partial charge in [0.05, 0.1) is 5.56 Å². The maximum Gasteiger partial charge on any atom is 0.101 e. The van der Waals surface area contributed by atoms with E-state index in [0.717, 1.165) is 0 Å². The van der Waals surface area contributed by atoms with Crippen molar-refractivity contribution in [2.45, 2.75) is 58.3 Å². The van der Waals surface area contributed by atoms with Crippen LogP contribution in [0.15, 0.2) is 18.5 Å². The van der Waals surface area contributed by atoms with Gasteiger partial charge in [0.25, 0.3) is 0 Å². The molecular formula is C15H22N2. The van der Waals surface area contributed by atoms with Crippen LogP contribution in [0.1, 0.15) is 69.4 Å². The molecule has 2 nitrogen and oxygen atoms in total. The summed E-state index contributed by atoms with van der Waals surface area (Å²) in [4.78, 5) is 4.16. The van der Waals surface area contributed by atoms with Crippen LogP contribution in [0.3, 0.4) is 0 Å². The topological polar surface area (TPSA) is 36.7 Å². The maximum atomic E-state index is 8.90. The molecule has 17 heavy (non-hydrogen) atoms. The second-order valence-electron chi connectivity index (χ2n) is 4.60. The molecule has 1 heterocycles. The smallest absolute Gasteiger partial charge is 0.101 e. The SMILES string of the molecule is CCCCCC(CCC)c1cncc(C#N)c1. The molecule has 0 radical (unpaired) electrons. The van der Waals surface area contributed by atoms with E-state index in [1.165, 1.54) is 44.1 Å². The molecule has 0 aliphatic rings. The molecule has 0 spiro atoms. The van der Waals surface area contributed by atoms with Crippen LogP contribution >= 0.6 is 0 Å². The van der Waals surface area contributed by atoms with E-state index in [-0.39, 0.29) is 0 Å². The van der Waals surface area contributed by atoms with Gasteiger partial charge in [0.1, 0.15) is 6.07 Å². The fourth-order valence-electron chi connectivity index (χ4n) is 2.21. The number of hydrogen-bond donors (Lipinski definition) is 0. The summed E-state index contributed by atoms with van der Waals surface area (Å²) >= 11 is 0. The van der Waals surface area contributed by atoms with E-state index >= 15 is 0 Å². The van der Waals surface area contributed by atoms with Gasteiger partial charge in [0, 0.05) is 12.4 Å². The Kier molecular flexibility index (Phi) is 6.32. The highest BCUT2D eigenvalue weighted by atomic mass is 14.6. The van der Waals surface area contributed by atoms with Gasteiger partial charge in [0.15, 0.2) is 0 Å². The van der Waals surface area contributed by atoms with Crippen LogP contribution in [-0.4, -0.2) is 4.98 Å². The minimum absolute atomic E-state index is 0.576. The second-order valence-corrected chi connectivity index (χ2v) is 4.60. The third-order valence-electron chi connectivity index (χ3n) is 3.15. The quantitative estimate of drug-likeness (QED) is 0.650. The zero-order valence-corrected chi connectivity index (χ0v) is 10.9. The highest BCUT2D eigenvalue weighted by Crippen LogP contribution is 2.27. The van der Waals surface area contributed by atoms with Gasteiger partial charge in [0.2, 0.25) is 0 Å². The molecule has 1 unspecified atom stereocenters. The number of nitriles is 1. The van der Waals surface area contributed by atoms with E-state index in [4.69, 9.17) is 5.26 Å².